The number of aromatic nitrogens is 18. The van der Waals surface area contributed by atoms with Crippen LogP contribution in [-0.2, 0) is 42.7 Å². The van der Waals surface area contributed by atoms with Gasteiger partial charge < -0.3 is 123 Å². The Kier molecular flexibility index (Phi) is 35.6. The van der Waals surface area contributed by atoms with E-state index in [4.69, 9.17) is 103 Å². The zero-order valence-corrected chi connectivity index (χ0v) is 76.9. The number of carbonyl (C=O) groups is 2. The van der Waals surface area contributed by atoms with Crippen LogP contribution in [0.25, 0.3) is 22.3 Å². The highest BCUT2D eigenvalue weighted by atomic mass is 32.2. The Morgan fingerprint density at radius 3 is 1.44 bits per heavy atom. The molecule has 18 unspecified atom stereocenters. The van der Waals surface area contributed by atoms with Crippen LogP contribution in [-0.4, -0.2) is 287 Å². The molecule has 1 aliphatic carbocycles. The monoisotopic (exact) mass is 1920 g/mol. The number of nitrogens with zero attached hydrogens (tertiary/aromatic N) is 20. The summed E-state index contributed by atoms with van der Waals surface area (Å²) in [7, 11) is 3.89. The van der Waals surface area contributed by atoms with E-state index in [1.165, 1.54) is 69.9 Å². The minimum Gasteiger partial charge on any atom is -0.394 e. The molecule has 720 valence electrons. The molecule has 18 rings (SSSR count). The average molecular weight is 1920 g/mol. The van der Waals surface area contributed by atoms with Gasteiger partial charge in [0, 0.05) is 91.7 Å². The van der Waals surface area contributed by atoms with Gasteiger partial charge in [-0.2, -0.15) is 29.9 Å². The molecule has 132 heavy (non-hydrogen) atoms. The van der Waals surface area contributed by atoms with Gasteiger partial charge in [-0.05, 0) is 91.8 Å². The molecule has 0 bridgehead atoms. The number of aryl methyl sites for hydroxylation is 4. The fraction of sp³-hybridized carbons (Fsp3) is 0.564. The first-order valence-electron chi connectivity index (χ1n) is 41.4. The van der Waals surface area contributed by atoms with Crippen molar-refractivity contribution in [2.75, 3.05) is 123 Å². The maximum atomic E-state index is 12.0. The predicted molar refractivity (Wildman–Crippen MR) is 486 cm³/mol. The molecule has 3 amide bonds. The van der Waals surface area contributed by atoms with Gasteiger partial charge >= 0.3 is 34.5 Å². The molecule has 21 N–H and O–H groups in total. The van der Waals surface area contributed by atoms with Crippen molar-refractivity contribution in [2.24, 2.45) is 11.3 Å². The lowest BCUT2D eigenvalue weighted by atomic mass is 9.81. The number of amides is 3. The lowest BCUT2D eigenvalue weighted by Gasteiger charge is -2.45. The van der Waals surface area contributed by atoms with E-state index in [9.17, 15) is 43.8 Å². The summed E-state index contributed by atoms with van der Waals surface area (Å²) in [6.45, 7) is 14.6. The van der Waals surface area contributed by atoms with Gasteiger partial charge in [0.15, 0.2) is 41.4 Å². The summed E-state index contributed by atoms with van der Waals surface area (Å²) in [4.78, 5) is 129. The van der Waals surface area contributed by atoms with Crippen molar-refractivity contribution >= 4 is 122 Å². The molecule has 18 atom stereocenters. The molecule has 0 spiro atoms. The van der Waals surface area contributed by atoms with E-state index in [2.05, 4.69) is 60.1 Å². The first-order chi connectivity index (χ1) is 62.8. The number of imidazole rings is 2. The van der Waals surface area contributed by atoms with Gasteiger partial charge in [0.05, 0.1) is 94.4 Å². The number of imide groups is 1. The van der Waals surface area contributed by atoms with Crippen molar-refractivity contribution in [3.8, 4) is 0 Å². The molecule has 8 fully saturated rings. The molecular formula is C78H111N27O23S4. The highest BCUT2D eigenvalue weighted by Crippen LogP contribution is 2.39. The van der Waals surface area contributed by atoms with Crippen LogP contribution in [0.1, 0.15) is 119 Å². The zero-order chi connectivity index (χ0) is 95.9. The maximum Gasteiger partial charge on any atom is 0.351 e. The van der Waals surface area contributed by atoms with Crippen LogP contribution in [0.4, 0.5) is 45.7 Å². The number of aliphatic hydroxyl groups excluding tert-OH is 8. The van der Waals surface area contributed by atoms with E-state index < -0.39 is 58.0 Å². The van der Waals surface area contributed by atoms with Crippen LogP contribution in [0.5, 0.6) is 0 Å². The Labute approximate surface area is 769 Å². The molecule has 0 aromatic carbocycles. The van der Waals surface area contributed by atoms with Crippen molar-refractivity contribution in [1.29, 1.82) is 0 Å². The Balaban J connectivity index is 0.000000146. The van der Waals surface area contributed by atoms with Crippen LogP contribution >= 0.6 is 47.0 Å². The van der Waals surface area contributed by atoms with E-state index in [1.54, 1.807) is 85.2 Å². The van der Waals surface area contributed by atoms with Gasteiger partial charge in [-0.25, -0.2) is 53.7 Å². The molecule has 9 aromatic rings. The molecule has 8 saturated heterocycles. The van der Waals surface area contributed by atoms with Crippen LogP contribution in [0, 0.1) is 39.0 Å². The number of aliphatic hydroxyl groups is 8. The lowest BCUT2D eigenvalue weighted by molar-refractivity contribution is -0.140. The van der Waals surface area contributed by atoms with E-state index in [-0.39, 0.29) is 171 Å². The predicted octanol–water partition coefficient (Wildman–Crippen LogP) is -0.967. The summed E-state index contributed by atoms with van der Waals surface area (Å²) in [5.74, 6) is 5.11. The summed E-state index contributed by atoms with van der Waals surface area (Å²) < 4.78 is 54.0. The number of hydrogen-bond donors (Lipinski definition) is 15. The van der Waals surface area contributed by atoms with Gasteiger partial charge in [0.2, 0.25) is 17.5 Å². The third-order valence-corrected chi connectivity index (χ3v) is 25.9. The fourth-order valence-electron chi connectivity index (χ4n) is 14.2. The van der Waals surface area contributed by atoms with Crippen LogP contribution in [0.15, 0.2) is 98.0 Å². The quantitative estimate of drug-likeness (QED) is 0.0549. The van der Waals surface area contributed by atoms with Crippen molar-refractivity contribution in [2.45, 2.75) is 183 Å². The van der Waals surface area contributed by atoms with Crippen molar-refractivity contribution in [3.63, 3.8) is 0 Å². The number of fused-ring (bicyclic) bond motifs is 2. The van der Waals surface area contributed by atoms with E-state index in [0.29, 0.717) is 71.3 Å². The zero-order valence-electron chi connectivity index (χ0n) is 73.7. The highest BCUT2D eigenvalue weighted by molar-refractivity contribution is 8.00. The maximum absolute atomic E-state index is 12.0. The molecule has 0 radical (unpaired) electrons. The number of rotatable bonds is 15. The summed E-state index contributed by atoms with van der Waals surface area (Å²) in [6, 6.07) is 4.10. The van der Waals surface area contributed by atoms with Crippen molar-refractivity contribution in [3.05, 3.63) is 149 Å². The second-order valence-electron chi connectivity index (χ2n) is 31.6. The minimum absolute atomic E-state index is 0.0202. The largest absolute Gasteiger partial charge is 0.394 e. The number of hydrogen-bond acceptors (Lipinski definition) is 45. The molecule has 9 aromatic heterocycles. The molecule has 0 saturated carbocycles. The van der Waals surface area contributed by atoms with Gasteiger partial charge in [0.25, 0.3) is 0 Å². The number of carbonyl (C=O) groups excluding carboxylic acids is 2. The number of anilines is 7. The molecular weight excluding hydrogens is 1810 g/mol. The normalized spacial score (nSPS) is 26.7. The van der Waals surface area contributed by atoms with Gasteiger partial charge in [-0.3, -0.25) is 42.4 Å². The minimum atomic E-state index is -0.875. The number of nitrogens with two attached hydrogens (primary N) is 6. The smallest absolute Gasteiger partial charge is 0.351 e. The summed E-state index contributed by atoms with van der Waals surface area (Å²) in [6.07, 6.45) is 13.8. The number of urea groups is 1. The Morgan fingerprint density at radius 2 is 0.992 bits per heavy atom. The van der Waals surface area contributed by atoms with Gasteiger partial charge in [-0.1, -0.05) is 30.8 Å². The number of thioether (sulfide) groups is 4. The summed E-state index contributed by atoms with van der Waals surface area (Å²) in [5.41, 5.74) is 33.3. The summed E-state index contributed by atoms with van der Waals surface area (Å²) in [5, 5.41) is 74.9. The second-order valence-corrected chi connectivity index (χ2v) is 36.3. The Morgan fingerprint density at radius 1 is 0.500 bits per heavy atom. The van der Waals surface area contributed by atoms with Gasteiger partial charge in [0.1, 0.15) is 87.9 Å². The van der Waals surface area contributed by atoms with E-state index >= 15 is 0 Å². The number of nitrogens with one attached hydrogen (secondary N) is 1. The fourth-order valence-corrected chi connectivity index (χ4v) is 17.8. The third kappa shape index (κ3) is 25.3. The first-order valence-corrected chi connectivity index (χ1v) is 45.6. The van der Waals surface area contributed by atoms with E-state index in [0.717, 1.165) is 34.8 Å². The van der Waals surface area contributed by atoms with E-state index in [1.807, 2.05) is 77.3 Å². The number of nitrogen functional groups attached to an aromatic ring is 6. The number of ether oxygens (including phenoxy) is 8. The second kappa shape index (κ2) is 46.0. The van der Waals surface area contributed by atoms with Crippen molar-refractivity contribution < 1.29 is 88.3 Å². The first kappa shape index (κ1) is 102. The molecule has 50 nitrogen and oxygen atoms in total. The van der Waals surface area contributed by atoms with Gasteiger partial charge in [-0.15, -0.1) is 35.3 Å². The SMILES string of the molecule is CC1CC(N2C(=O)NC(=O)C(C)(C)C2C)OC1CO.Cc1cn(C2CSC(CO)O2)c(=O)nc1N.Cc1cn(C2CSC(O)O2)c(=O)nc1N.Cc1nc(N(C)C)c2ncn(C3C=CC(O)C3)c2n1.Cc1nc(N)nc2c1ncn2C1COC(CO)O1.Nc1ccn(C2CCC(CO)O2)c(=O)n1.Nc1ccn(C2CSC(CO)O2)c(=O)n1.Nc1ccn(C2CSC(CO)O2)c(=O)n1. The Bertz CT molecular complexity index is 5610. The molecule has 54 heteroatoms. The van der Waals surface area contributed by atoms with Crippen LogP contribution in [0.3, 0.4) is 0 Å². The molecule has 8 aliphatic heterocycles. The highest BCUT2D eigenvalue weighted by Gasteiger charge is 2.50. The molecule has 9 aliphatic rings. The standard InChI is InChI=1S/C13H17N5O.C13H22N2O4.C10H13N5O3.C9H13N3O3S.C9H13N3O3.3C8H11N3O3S/c1-8-15-12(17(2)3)11-13(16-8)18(7-14-11)9-4-5-10(19)6-9;1-7-5-10(19-9(7)6-16)15-8(2)13(3,4)11(17)14-12(15)18;1-5-8-9(14-10(11)13-5)15(4-12-8)6-3-17-7(2-16)18-6;1-5-2-12(9(14)11-8(5)10)6-4-16-7(3-13)15-6;10-7-3-4-12(9(14)11-7)8-2-1-6(5-13)15-8;1-4-2-11(7(12)10-6(4)9)5-3-15-8(13)14-5;2*9-5-1-2-11(8(13)10-5)6-4-15-7(3-12)14-6/h4-5,7,9-10,19H,6H2,1-3H3;7-10,16H,5-6H2,1-4H3,(H,14,17,18);4,6-7,16H,2-3H2,1H3,(H2,11,13,14);2,6-7,13H,3-4H2,1H3,(H2,10,11,14);3-4,6,8,13H,1-2,5H2,(H2,10,11,14);2,5,8,13H,3H2,1H3,(H2,9,10,12);2*1-2,6-7,12H,3-4H2,(H2,9,10,13). The molecule has 17 heterocycles. The third-order valence-electron chi connectivity index (χ3n) is 21.7. The van der Waals surface area contributed by atoms with Crippen LogP contribution < -0.4 is 73.1 Å². The lowest BCUT2D eigenvalue weighted by Crippen LogP contribution is -2.65. The van der Waals surface area contributed by atoms with Crippen molar-refractivity contribution in [1.82, 2.24) is 97.0 Å². The average Bonchev–Trinajstić information content (AvgIpc) is 1.39. The Hall–Kier alpha value is -10.5. The topological polar surface area (TPSA) is 706 Å². The number of allylic oxidation sites excluding steroid dienone is 1. The summed E-state index contributed by atoms with van der Waals surface area (Å²) >= 11 is 5.64. The van der Waals surface area contributed by atoms with Crippen LogP contribution in [0.2, 0.25) is 0 Å².